The number of rotatable bonds is 15. The summed E-state index contributed by atoms with van der Waals surface area (Å²) in [5.41, 5.74) is 1.03. The van der Waals surface area contributed by atoms with Crippen LogP contribution in [0, 0.1) is 39.9 Å². The molecule has 1 aromatic heterocycles. The van der Waals surface area contributed by atoms with Crippen molar-refractivity contribution in [3.8, 4) is 0 Å². The van der Waals surface area contributed by atoms with Crippen molar-refractivity contribution in [1.29, 1.82) is 0 Å². The van der Waals surface area contributed by atoms with Crippen molar-refractivity contribution in [3.63, 3.8) is 0 Å². The van der Waals surface area contributed by atoms with Crippen LogP contribution in [-0.2, 0) is 140 Å². The van der Waals surface area contributed by atoms with E-state index in [4.69, 9.17) is 0 Å². The number of nitrogens with zero attached hydrogens (tertiary/aromatic N) is 4. The molecule has 0 amide bonds. The first-order valence-corrected chi connectivity index (χ1v) is 12.6. The Hall–Kier alpha value is 1.09. The van der Waals surface area contributed by atoms with Crippen LogP contribution in [0.1, 0.15) is 49.9 Å². The molecule has 2 heterocycles. The van der Waals surface area contributed by atoms with Gasteiger partial charge in [-0.2, -0.15) is 19.3 Å². The van der Waals surface area contributed by atoms with Crippen molar-refractivity contribution >= 4 is 36.8 Å². The van der Waals surface area contributed by atoms with Gasteiger partial charge >= 0.3 is 57.8 Å². The first-order chi connectivity index (χ1) is 18.7. The monoisotopic (exact) mass is 970 g/mol. The number of fused-ring (bicyclic) bond motifs is 2. The van der Waals surface area contributed by atoms with Crippen LogP contribution in [0.4, 0.5) is 0 Å². The van der Waals surface area contributed by atoms with Crippen LogP contribution in [0.25, 0.3) is 0 Å². The van der Waals surface area contributed by atoms with Gasteiger partial charge in [-0.1, -0.05) is 25.3 Å². The quantitative estimate of drug-likeness (QED) is 0.200. The molecule has 1 aliphatic heterocycles. The summed E-state index contributed by atoms with van der Waals surface area (Å²) in [4.78, 5) is 78.4. The number of carbonyl (C=O) groups is 3. The van der Waals surface area contributed by atoms with Gasteiger partial charge in [-0.3, -0.25) is 52.9 Å². The number of carboxylic acid groups (broad SMARTS) is 3. The molecule has 0 aromatic carbocycles. The van der Waals surface area contributed by atoms with Crippen molar-refractivity contribution in [2.45, 2.75) is 69.7 Å². The van der Waals surface area contributed by atoms with E-state index in [9.17, 15) is 44.1 Å². The van der Waals surface area contributed by atoms with E-state index in [2.05, 4.69) is 4.98 Å². The van der Waals surface area contributed by atoms with Gasteiger partial charge in [-0.15, -0.1) is 0 Å². The Labute approximate surface area is 358 Å². The summed E-state index contributed by atoms with van der Waals surface area (Å²) < 4.78 is 0. The van der Waals surface area contributed by atoms with Crippen molar-refractivity contribution in [2.24, 2.45) is 0 Å². The predicted octanol–water partition coefficient (Wildman–Crippen LogP) is 0.0230. The summed E-state index contributed by atoms with van der Waals surface area (Å²) in [7, 11) is 0. The zero-order valence-electron chi connectivity index (χ0n) is 23.6. The molecule has 3 atom stereocenters. The van der Waals surface area contributed by atoms with Gasteiger partial charge in [0.2, 0.25) is 0 Å². The van der Waals surface area contributed by atoms with Crippen LogP contribution in [0.5, 0.6) is 0 Å². The first kappa shape index (κ1) is 48.5. The molecule has 1 aliphatic rings. The predicted molar refractivity (Wildman–Crippen MR) is 136 cm³/mol. The third kappa shape index (κ3) is 17.2. The summed E-state index contributed by atoms with van der Waals surface area (Å²) in [5.74, 6) is -3.47. The molecule has 0 saturated carbocycles. The molecule has 43 heavy (non-hydrogen) atoms. The molecule has 0 aliphatic carbocycles. The van der Waals surface area contributed by atoms with Crippen LogP contribution < -0.4 is 0 Å². The molecule has 17 heteroatoms. The molecular weight excluding hydrogens is 936 g/mol. The van der Waals surface area contributed by atoms with E-state index in [0.29, 0.717) is 11.4 Å². The maximum atomic E-state index is 12.2. The Morgan fingerprint density at radius 3 is 1.26 bits per heavy atom. The average molecular weight is 970 g/mol. The topological polar surface area (TPSA) is 186 Å². The summed E-state index contributed by atoms with van der Waals surface area (Å²) in [6, 6.07) is 1.91. The standard InChI is InChI=1S/C26H33N4O9.Gd.3Y/c31-14-2-7-21(24(34)35)28-10-12-29(22(25(36)37)8-3-15-32)17-19-5-1-6-20(27-19)18-30(13-11-28)23(26(38)39)9-4-16-33;;;;/h1,5-6,21-23H,2-4,7-13,17-18H2,(H,34,35)(H,36,37)(H,38,39);;;;/q-3;+3;;;/t21-,22-,23-;;;;/m0..../s1. The fourth-order valence-corrected chi connectivity index (χ4v) is 4.72. The van der Waals surface area contributed by atoms with Crippen LogP contribution in [0.15, 0.2) is 18.2 Å². The fraction of sp³-hybridized carbons (Fsp3) is 0.577. The second-order valence-corrected chi connectivity index (χ2v) is 9.21. The molecule has 4 radical (unpaired) electrons. The number of pyridine rings is 1. The van der Waals surface area contributed by atoms with Crippen molar-refractivity contribution < 1.29 is 182 Å². The molecule has 228 valence electrons. The molecule has 0 spiro atoms. The number of hydrogen-bond donors (Lipinski definition) is 3. The van der Waals surface area contributed by atoms with E-state index in [-0.39, 0.29) is 216 Å². The summed E-state index contributed by atoms with van der Waals surface area (Å²) in [6.45, 7) is 0.521. The smallest absolute Gasteiger partial charge is 0.542 e. The second kappa shape index (κ2) is 27.1. The van der Waals surface area contributed by atoms with E-state index in [1.54, 1.807) is 51.8 Å². The number of hydrogen-bond acceptors (Lipinski definition) is 10. The van der Waals surface area contributed by atoms with Gasteiger partial charge in [0, 0.05) is 137 Å². The third-order valence-corrected chi connectivity index (χ3v) is 6.68. The summed E-state index contributed by atoms with van der Waals surface area (Å²) >= 11 is 0. The van der Waals surface area contributed by atoms with Gasteiger partial charge in [-0.05, 0) is 12.1 Å². The van der Waals surface area contributed by atoms with E-state index < -0.39 is 36.0 Å². The molecular formula is C26H33GdN4O9Y3. The minimum absolute atomic E-state index is 0. The minimum Gasteiger partial charge on any atom is -0.542 e. The minimum atomic E-state index is -1.18. The van der Waals surface area contributed by atoms with E-state index >= 15 is 0 Å². The van der Waals surface area contributed by atoms with Crippen LogP contribution in [0.3, 0.4) is 0 Å². The summed E-state index contributed by atoms with van der Waals surface area (Å²) in [5, 5.41) is 29.7. The van der Waals surface area contributed by atoms with E-state index in [0.717, 1.165) is 0 Å². The molecule has 1 aromatic rings. The normalized spacial score (nSPS) is 16.4. The zero-order chi connectivity index (χ0) is 28.8. The molecule has 13 nitrogen and oxygen atoms in total. The maximum Gasteiger partial charge on any atom is 3.00 e. The molecule has 3 N–H and O–H groups in total. The molecule has 0 saturated heterocycles. The van der Waals surface area contributed by atoms with Gasteiger partial charge in [-0.25, -0.2) is 0 Å². The number of aliphatic carboxylic acids is 3. The zero-order valence-corrected chi connectivity index (χ0v) is 34.4. The second-order valence-electron chi connectivity index (χ2n) is 9.21. The number of aromatic nitrogens is 1. The Balaban J connectivity index is -0.00000400. The Kier molecular flexibility index (Phi) is 30.5. The van der Waals surface area contributed by atoms with Crippen LogP contribution >= 0.6 is 0 Å². The van der Waals surface area contributed by atoms with Crippen molar-refractivity contribution in [2.75, 3.05) is 26.2 Å². The van der Waals surface area contributed by atoms with E-state index in [1.807, 2.05) is 0 Å². The first-order valence-electron chi connectivity index (χ1n) is 12.6. The number of carbonyl (C=O) groups excluding carboxylic acids is 3. The van der Waals surface area contributed by atoms with Gasteiger partial charge in [0.25, 0.3) is 0 Å². The molecule has 2 rings (SSSR count). The molecule has 0 unspecified atom stereocenters. The average Bonchev–Trinajstić information content (AvgIpc) is 2.88. The Morgan fingerprint density at radius 1 is 0.651 bits per heavy atom. The third-order valence-electron chi connectivity index (χ3n) is 6.68. The van der Waals surface area contributed by atoms with Gasteiger partial charge < -0.3 is 29.7 Å². The largest absolute Gasteiger partial charge is 3.00 e. The summed E-state index contributed by atoms with van der Waals surface area (Å²) in [6.07, 6.45) is 4.77. The van der Waals surface area contributed by atoms with Gasteiger partial charge in [0.15, 0.2) is 0 Å². The van der Waals surface area contributed by atoms with Gasteiger partial charge in [0.1, 0.15) is 18.1 Å². The number of carboxylic acids is 3. The fourth-order valence-electron chi connectivity index (χ4n) is 4.72. The molecule has 2 bridgehead atoms. The Bertz CT molecular complexity index is 969. The SMILES string of the molecule is O=[C-]CC[C@@H](C(=O)O)N1CCN([C@@H](CC[C-]=O)C(=O)O)Cc2cccc(n2)CN([C@@H](CC[C-]=O)C(=O)O)CC1.[Gd+3].[Y].[Y].[Y]. The maximum absolute atomic E-state index is 12.2. The van der Waals surface area contributed by atoms with Gasteiger partial charge in [0.05, 0.1) is 11.4 Å². The van der Waals surface area contributed by atoms with Crippen molar-refractivity contribution in [3.05, 3.63) is 29.6 Å². The Morgan fingerprint density at radius 2 is 0.953 bits per heavy atom. The van der Waals surface area contributed by atoms with Crippen LogP contribution in [-0.4, -0.2) is 116 Å². The van der Waals surface area contributed by atoms with E-state index in [1.165, 1.54) is 0 Å². The molecule has 0 fully saturated rings. The van der Waals surface area contributed by atoms with Crippen molar-refractivity contribution in [1.82, 2.24) is 19.7 Å². The van der Waals surface area contributed by atoms with Crippen LogP contribution in [0.2, 0.25) is 0 Å².